The molecule has 2 aromatic heterocycles. The predicted molar refractivity (Wildman–Crippen MR) is 91.3 cm³/mol. The van der Waals surface area contributed by atoms with Crippen LogP contribution >= 0.6 is 0 Å². The first-order chi connectivity index (χ1) is 11.8. The lowest BCUT2D eigenvalue weighted by Gasteiger charge is -2.40. The Labute approximate surface area is 143 Å². The molecule has 3 atom stereocenters. The van der Waals surface area contributed by atoms with E-state index in [9.17, 15) is 0 Å². The second kappa shape index (κ2) is 7.05. The average Bonchev–Trinajstić information content (AvgIpc) is 3.26. The van der Waals surface area contributed by atoms with Crippen LogP contribution in [0.2, 0.25) is 0 Å². The first-order valence-electron chi connectivity index (χ1n) is 8.74. The van der Waals surface area contributed by atoms with Crippen molar-refractivity contribution in [3.8, 4) is 0 Å². The molecule has 2 fully saturated rings. The molecule has 2 saturated heterocycles. The number of fused-ring (bicyclic) bond motifs is 1. The number of likely N-dealkylation sites (tertiary alicyclic amines) is 2. The van der Waals surface area contributed by atoms with Crippen molar-refractivity contribution in [2.75, 3.05) is 26.7 Å². The number of nitrogens with zero attached hydrogens (tertiary/aromatic N) is 3. The van der Waals surface area contributed by atoms with Gasteiger partial charge in [0.15, 0.2) is 0 Å². The second-order valence-electron chi connectivity index (χ2n) is 6.89. The fourth-order valence-corrected chi connectivity index (χ4v) is 4.29. The van der Waals surface area contributed by atoms with Crippen LogP contribution in [0.3, 0.4) is 0 Å². The maximum atomic E-state index is 5.80. The number of piperidine rings is 1. The predicted octanol–water partition coefficient (Wildman–Crippen LogP) is 2.40. The van der Waals surface area contributed by atoms with Crippen molar-refractivity contribution in [1.29, 1.82) is 0 Å². The van der Waals surface area contributed by atoms with Gasteiger partial charge in [-0.3, -0.25) is 14.8 Å². The monoisotopic (exact) mass is 327 g/mol. The van der Waals surface area contributed by atoms with Crippen LogP contribution in [0, 0.1) is 5.92 Å². The number of aromatic nitrogens is 1. The molecule has 4 heterocycles. The van der Waals surface area contributed by atoms with Crippen molar-refractivity contribution < 1.29 is 9.15 Å². The SMILES string of the molecule is CO[C@@H]1CCN(Cc2ccco2)[C@@H]2CN(Cc3ccncc3)C[C@@H]21. The van der Waals surface area contributed by atoms with Gasteiger partial charge in [0, 0.05) is 57.6 Å². The van der Waals surface area contributed by atoms with Crippen LogP contribution in [-0.2, 0) is 17.8 Å². The third-order valence-electron chi connectivity index (χ3n) is 5.45. The zero-order valence-corrected chi connectivity index (χ0v) is 14.2. The van der Waals surface area contributed by atoms with Crippen LogP contribution in [0.1, 0.15) is 17.7 Å². The summed E-state index contributed by atoms with van der Waals surface area (Å²) in [5.41, 5.74) is 1.33. The number of rotatable bonds is 5. The average molecular weight is 327 g/mol. The first kappa shape index (κ1) is 15.8. The normalized spacial score (nSPS) is 28.1. The molecule has 0 saturated carbocycles. The summed E-state index contributed by atoms with van der Waals surface area (Å²) in [7, 11) is 1.86. The highest BCUT2D eigenvalue weighted by molar-refractivity contribution is 5.11. The Morgan fingerprint density at radius 2 is 2.08 bits per heavy atom. The Morgan fingerprint density at radius 1 is 1.21 bits per heavy atom. The van der Waals surface area contributed by atoms with Crippen molar-refractivity contribution in [3.63, 3.8) is 0 Å². The number of pyridine rings is 1. The third-order valence-corrected chi connectivity index (χ3v) is 5.45. The molecule has 2 aliphatic heterocycles. The molecule has 128 valence electrons. The Morgan fingerprint density at radius 3 is 2.83 bits per heavy atom. The summed E-state index contributed by atoms with van der Waals surface area (Å²) in [5, 5.41) is 0. The summed E-state index contributed by atoms with van der Waals surface area (Å²) in [6.45, 7) is 5.14. The van der Waals surface area contributed by atoms with Gasteiger partial charge in [0.1, 0.15) is 5.76 Å². The van der Waals surface area contributed by atoms with E-state index in [1.807, 2.05) is 25.6 Å². The van der Waals surface area contributed by atoms with Crippen LogP contribution in [0.4, 0.5) is 0 Å². The van der Waals surface area contributed by atoms with E-state index >= 15 is 0 Å². The highest BCUT2D eigenvalue weighted by Gasteiger charge is 2.44. The van der Waals surface area contributed by atoms with E-state index in [0.717, 1.165) is 44.9 Å². The summed E-state index contributed by atoms with van der Waals surface area (Å²) in [4.78, 5) is 9.24. The van der Waals surface area contributed by atoms with Crippen molar-refractivity contribution in [2.45, 2.75) is 31.7 Å². The maximum Gasteiger partial charge on any atom is 0.117 e. The van der Waals surface area contributed by atoms with Gasteiger partial charge in [-0.2, -0.15) is 0 Å². The zero-order chi connectivity index (χ0) is 16.4. The van der Waals surface area contributed by atoms with E-state index in [4.69, 9.17) is 9.15 Å². The lowest BCUT2D eigenvalue weighted by molar-refractivity contribution is -0.0262. The summed E-state index contributed by atoms with van der Waals surface area (Å²) in [6.07, 6.45) is 6.98. The molecule has 0 unspecified atom stereocenters. The fourth-order valence-electron chi connectivity index (χ4n) is 4.29. The molecule has 5 nitrogen and oxygen atoms in total. The van der Waals surface area contributed by atoms with Crippen LogP contribution in [0.5, 0.6) is 0 Å². The molecule has 0 aromatic carbocycles. The zero-order valence-electron chi connectivity index (χ0n) is 14.2. The minimum absolute atomic E-state index is 0.366. The van der Waals surface area contributed by atoms with Gasteiger partial charge in [0.05, 0.1) is 18.9 Å². The fraction of sp³-hybridized carbons (Fsp3) is 0.526. The quantitative estimate of drug-likeness (QED) is 0.843. The van der Waals surface area contributed by atoms with Gasteiger partial charge in [-0.1, -0.05) is 0 Å². The highest BCUT2D eigenvalue weighted by atomic mass is 16.5. The molecule has 0 N–H and O–H groups in total. The lowest BCUT2D eigenvalue weighted by Crippen LogP contribution is -2.50. The van der Waals surface area contributed by atoms with Gasteiger partial charge >= 0.3 is 0 Å². The Kier molecular flexibility index (Phi) is 4.65. The molecule has 2 aliphatic rings. The molecule has 0 radical (unpaired) electrons. The minimum Gasteiger partial charge on any atom is -0.468 e. The van der Waals surface area contributed by atoms with Crippen LogP contribution < -0.4 is 0 Å². The molecule has 0 aliphatic carbocycles. The standard InChI is InChI=1S/C19H25N3O2/c1-23-19-6-9-22(12-16-3-2-10-24-16)18-14-21(13-17(18)19)11-15-4-7-20-8-5-15/h2-5,7-8,10,17-19H,6,9,11-14H2,1H3/t17-,18+,19+/m0/s1. The van der Waals surface area contributed by atoms with Crippen LogP contribution in [-0.4, -0.2) is 53.7 Å². The van der Waals surface area contributed by atoms with Gasteiger partial charge < -0.3 is 9.15 Å². The first-order valence-corrected chi connectivity index (χ1v) is 8.74. The van der Waals surface area contributed by atoms with E-state index in [-0.39, 0.29) is 0 Å². The number of hydrogen-bond acceptors (Lipinski definition) is 5. The van der Waals surface area contributed by atoms with E-state index in [1.54, 1.807) is 6.26 Å². The number of methoxy groups -OCH3 is 1. The summed E-state index contributed by atoms with van der Waals surface area (Å²) in [6, 6.07) is 8.79. The van der Waals surface area contributed by atoms with Gasteiger partial charge in [-0.25, -0.2) is 0 Å². The van der Waals surface area contributed by atoms with Crippen molar-refractivity contribution >= 4 is 0 Å². The maximum absolute atomic E-state index is 5.80. The largest absolute Gasteiger partial charge is 0.468 e. The summed E-state index contributed by atoms with van der Waals surface area (Å²) >= 11 is 0. The topological polar surface area (TPSA) is 41.7 Å². The van der Waals surface area contributed by atoms with Crippen LogP contribution in [0.15, 0.2) is 47.3 Å². The Hall–Kier alpha value is -1.69. The van der Waals surface area contributed by atoms with Crippen molar-refractivity contribution in [2.24, 2.45) is 5.92 Å². The molecule has 2 aromatic rings. The highest BCUT2D eigenvalue weighted by Crippen LogP contribution is 2.34. The number of furan rings is 1. The van der Waals surface area contributed by atoms with Crippen molar-refractivity contribution in [1.82, 2.24) is 14.8 Å². The van der Waals surface area contributed by atoms with Crippen molar-refractivity contribution in [3.05, 3.63) is 54.2 Å². The minimum atomic E-state index is 0.366. The summed E-state index contributed by atoms with van der Waals surface area (Å²) in [5.74, 6) is 1.62. The van der Waals surface area contributed by atoms with Gasteiger partial charge in [-0.15, -0.1) is 0 Å². The molecular weight excluding hydrogens is 302 g/mol. The lowest BCUT2D eigenvalue weighted by atomic mass is 9.89. The number of ether oxygens (including phenoxy) is 1. The molecular formula is C19H25N3O2. The molecule has 4 rings (SSSR count). The Balaban J connectivity index is 1.47. The summed E-state index contributed by atoms with van der Waals surface area (Å²) < 4.78 is 11.4. The molecule has 0 amide bonds. The smallest absolute Gasteiger partial charge is 0.117 e. The van der Waals surface area contributed by atoms with E-state index < -0.39 is 0 Å². The van der Waals surface area contributed by atoms with Gasteiger partial charge in [0.2, 0.25) is 0 Å². The van der Waals surface area contributed by atoms with E-state index in [2.05, 4.69) is 33.0 Å². The van der Waals surface area contributed by atoms with E-state index in [0.29, 0.717) is 18.1 Å². The number of hydrogen-bond donors (Lipinski definition) is 0. The molecule has 24 heavy (non-hydrogen) atoms. The molecule has 5 heteroatoms. The van der Waals surface area contributed by atoms with Gasteiger partial charge in [0.25, 0.3) is 0 Å². The second-order valence-corrected chi connectivity index (χ2v) is 6.89. The Bertz CT molecular complexity index is 631. The molecule has 0 bridgehead atoms. The van der Waals surface area contributed by atoms with Gasteiger partial charge in [-0.05, 0) is 36.2 Å². The molecule has 0 spiro atoms. The van der Waals surface area contributed by atoms with E-state index in [1.165, 1.54) is 5.56 Å². The third kappa shape index (κ3) is 3.24. The van der Waals surface area contributed by atoms with Crippen LogP contribution in [0.25, 0.3) is 0 Å².